The van der Waals surface area contributed by atoms with Gasteiger partial charge in [0, 0.05) is 38.8 Å². The second kappa shape index (κ2) is 7.21. The topological polar surface area (TPSA) is 33.7 Å². The number of ether oxygens (including phenoxy) is 2. The summed E-state index contributed by atoms with van der Waals surface area (Å²) < 4.78 is 11.9. The normalized spacial score (nSPS) is 32.9. The van der Waals surface area contributed by atoms with E-state index >= 15 is 0 Å². The molecule has 2 heterocycles. The largest absolute Gasteiger partial charge is 0.378 e. The zero-order valence-corrected chi connectivity index (χ0v) is 12.9. The lowest BCUT2D eigenvalue weighted by molar-refractivity contribution is -0.0120. The van der Waals surface area contributed by atoms with Crippen molar-refractivity contribution in [3.63, 3.8) is 0 Å². The van der Waals surface area contributed by atoms with Crippen LogP contribution >= 0.6 is 0 Å². The van der Waals surface area contributed by atoms with Crippen molar-refractivity contribution in [2.45, 2.75) is 69.8 Å². The number of nitrogens with one attached hydrogen (secondary N) is 1. The Morgan fingerprint density at radius 3 is 2.50 bits per heavy atom. The van der Waals surface area contributed by atoms with Crippen molar-refractivity contribution >= 4 is 0 Å². The molecule has 0 radical (unpaired) electrons. The summed E-state index contributed by atoms with van der Waals surface area (Å²) in [4.78, 5) is 2.57. The molecule has 116 valence electrons. The fourth-order valence-corrected chi connectivity index (χ4v) is 3.43. The standard InChI is InChI=1S/C16H30N2O2/c1-2-19-14-7-9-18(10-8-14)12-16-6-5-15(20-16)11-17-13-3-4-13/h13-17H,2-12H2,1H3. The van der Waals surface area contributed by atoms with Gasteiger partial charge in [-0.15, -0.1) is 0 Å². The summed E-state index contributed by atoms with van der Waals surface area (Å²) >= 11 is 0. The summed E-state index contributed by atoms with van der Waals surface area (Å²) in [5.41, 5.74) is 0. The van der Waals surface area contributed by atoms with Gasteiger partial charge in [0.2, 0.25) is 0 Å². The first kappa shape index (κ1) is 14.8. The van der Waals surface area contributed by atoms with Gasteiger partial charge in [0.15, 0.2) is 0 Å². The molecule has 4 nitrogen and oxygen atoms in total. The van der Waals surface area contributed by atoms with E-state index in [0.29, 0.717) is 18.3 Å². The Balaban J connectivity index is 1.30. The van der Waals surface area contributed by atoms with Crippen LogP contribution in [0.3, 0.4) is 0 Å². The summed E-state index contributed by atoms with van der Waals surface area (Å²) in [5, 5.41) is 3.59. The molecule has 2 atom stereocenters. The van der Waals surface area contributed by atoms with Gasteiger partial charge in [-0.25, -0.2) is 0 Å². The third-order valence-corrected chi connectivity index (χ3v) is 4.81. The Bertz CT molecular complexity index is 288. The maximum absolute atomic E-state index is 6.18. The van der Waals surface area contributed by atoms with Crippen molar-refractivity contribution in [2.24, 2.45) is 0 Å². The summed E-state index contributed by atoms with van der Waals surface area (Å²) in [7, 11) is 0. The maximum atomic E-state index is 6.18. The summed E-state index contributed by atoms with van der Waals surface area (Å²) in [5.74, 6) is 0. The zero-order chi connectivity index (χ0) is 13.8. The predicted molar refractivity (Wildman–Crippen MR) is 80.0 cm³/mol. The fraction of sp³-hybridized carbons (Fsp3) is 1.00. The minimum Gasteiger partial charge on any atom is -0.378 e. The van der Waals surface area contributed by atoms with Crippen LogP contribution < -0.4 is 5.32 Å². The highest BCUT2D eigenvalue weighted by Crippen LogP contribution is 2.24. The van der Waals surface area contributed by atoms with Gasteiger partial charge in [-0.1, -0.05) is 0 Å². The molecule has 3 rings (SSSR count). The molecule has 20 heavy (non-hydrogen) atoms. The third kappa shape index (κ3) is 4.42. The van der Waals surface area contributed by atoms with Crippen LogP contribution in [0.15, 0.2) is 0 Å². The summed E-state index contributed by atoms with van der Waals surface area (Å²) in [6, 6.07) is 0.801. The van der Waals surface area contributed by atoms with E-state index in [1.807, 2.05) is 0 Å². The molecule has 0 aromatic carbocycles. The molecule has 0 bridgehead atoms. The quantitative estimate of drug-likeness (QED) is 0.772. The first-order valence-electron chi connectivity index (χ1n) is 8.56. The molecule has 1 N–H and O–H groups in total. The van der Waals surface area contributed by atoms with E-state index in [4.69, 9.17) is 9.47 Å². The minimum atomic E-state index is 0.460. The lowest BCUT2D eigenvalue weighted by atomic mass is 10.1. The molecule has 0 aromatic rings. The highest BCUT2D eigenvalue weighted by molar-refractivity contribution is 4.85. The van der Waals surface area contributed by atoms with Crippen LogP contribution in [0.25, 0.3) is 0 Å². The molecule has 0 amide bonds. The Hall–Kier alpha value is -0.160. The maximum Gasteiger partial charge on any atom is 0.0707 e. The van der Waals surface area contributed by atoms with Crippen LogP contribution in [0.2, 0.25) is 0 Å². The molecule has 2 saturated heterocycles. The Morgan fingerprint density at radius 1 is 1.05 bits per heavy atom. The summed E-state index contributed by atoms with van der Waals surface area (Å²) in [6.07, 6.45) is 9.00. The van der Waals surface area contributed by atoms with Gasteiger partial charge in [-0.2, -0.15) is 0 Å². The first-order valence-corrected chi connectivity index (χ1v) is 8.56. The number of hydrogen-bond donors (Lipinski definition) is 1. The Labute approximate surface area is 123 Å². The summed E-state index contributed by atoms with van der Waals surface area (Å²) in [6.45, 7) is 7.48. The highest BCUT2D eigenvalue weighted by Gasteiger charge is 2.30. The molecule has 2 unspecified atom stereocenters. The number of nitrogens with zero attached hydrogens (tertiary/aromatic N) is 1. The molecular weight excluding hydrogens is 252 g/mol. The van der Waals surface area contributed by atoms with E-state index in [9.17, 15) is 0 Å². The molecule has 1 saturated carbocycles. The van der Waals surface area contributed by atoms with Crippen molar-refractivity contribution in [3.05, 3.63) is 0 Å². The van der Waals surface area contributed by atoms with Gasteiger partial charge in [0.05, 0.1) is 18.3 Å². The van der Waals surface area contributed by atoms with Gasteiger partial charge in [-0.3, -0.25) is 0 Å². The van der Waals surface area contributed by atoms with Crippen molar-refractivity contribution in [1.29, 1.82) is 0 Å². The monoisotopic (exact) mass is 282 g/mol. The lowest BCUT2D eigenvalue weighted by Gasteiger charge is -2.33. The van der Waals surface area contributed by atoms with Crippen LogP contribution in [-0.2, 0) is 9.47 Å². The van der Waals surface area contributed by atoms with E-state index in [1.165, 1.54) is 51.6 Å². The highest BCUT2D eigenvalue weighted by atomic mass is 16.5. The molecule has 0 aromatic heterocycles. The van der Waals surface area contributed by atoms with Crippen LogP contribution in [0.4, 0.5) is 0 Å². The molecular formula is C16H30N2O2. The zero-order valence-electron chi connectivity index (χ0n) is 12.9. The molecule has 4 heteroatoms. The van der Waals surface area contributed by atoms with Gasteiger partial charge in [-0.05, 0) is 45.4 Å². The van der Waals surface area contributed by atoms with Gasteiger partial charge >= 0.3 is 0 Å². The number of likely N-dealkylation sites (tertiary alicyclic amines) is 1. The van der Waals surface area contributed by atoms with E-state index in [-0.39, 0.29) is 0 Å². The molecule has 1 aliphatic carbocycles. The predicted octanol–water partition coefficient (Wildman–Crippen LogP) is 1.79. The van der Waals surface area contributed by atoms with Gasteiger partial charge < -0.3 is 19.7 Å². The van der Waals surface area contributed by atoms with E-state index < -0.39 is 0 Å². The number of hydrogen-bond acceptors (Lipinski definition) is 4. The van der Waals surface area contributed by atoms with E-state index in [0.717, 1.165) is 25.7 Å². The third-order valence-electron chi connectivity index (χ3n) is 4.81. The average Bonchev–Trinajstić information content (AvgIpc) is 3.19. The van der Waals surface area contributed by atoms with Crippen LogP contribution in [0.5, 0.6) is 0 Å². The smallest absolute Gasteiger partial charge is 0.0707 e. The average molecular weight is 282 g/mol. The van der Waals surface area contributed by atoms with Crippen molar-refractivity contribution in [2.75, 3.05) is 32.8 Å². The Kier molecular flexibility index (Phi) is 5.32. The molecule has 0 spiro atoms. The van der Waals surface area contributed by atoms with E-state index in [1.54, 1.807) is 0 Å². The molecule has 3 aliphatic rings. The van der Waals surface area contributed by atoms with Crippen LogP contribution in [-0.4, -0.2) is 62.0 Å². The van der Waals surface area contributed by atoms with Crippen molar-refractivity contribution in [1.82, 2.24) is 10.2 Å². The van der Waals surface area contributed by atoms with Gasteiger partial charge in [0.1, 0.15) is 0 Å². The second-order valence-corrected chi connectivity index (χ2v) is 6.60. The number of rotatable bonds is 7. The van der Waals surface area contributed by atoms with E-state index in [2.05, 4.69) is 17.1 Å². The molecule has 3 fully saturated rings. The van der Waals surface area contributed by atoms with Crippen LogP contribution in [0, 0.1) is 0 Å². The van der Waals surface area contributed by atoms with Crippen molar-refractivity contribution in [3.8, 4) is 0 Å². The lowest BCUT2D eigenvalue weighted by Crippen LogP contribution is -2.41. The number of piperidine rings is 1. The van der Waals surface area contributed by atoms with Gasteiger partial charge in [0.25, 0.3) is 0 Å². The SMILES string of the molecule is CCOC1CCN(CC2CCC(CNC3CC3)O2)CC1. The van der Waals surface area contributed by atoms with Crippen molar-refractivity contribution < 1.29 is 9.47 Å². The molecule has 2 aliphatic heterocycles. The first-order chi connectivity index (χ1) is 9.83. The Morgan fingerprint density at radius 2 is 1.80 bits per heavy atom. The fourth-order valence-electron chi connectivity index (χ4n) is 3.43. The van der Waals surface area contributed by atoms with Crippen LogP contribution in [0.1, 0.15) is 45.4 Å². The second-order valence-electron chi connectivity index (χ2n) is 6.60. The minimum absolute atomic E-state index is 0.460.